The number of ether oxygens (including phenoxy) is 1. The molecule has 0 aromatic heterocycles. The van der Waals surface area contributed by atoms with E-state index in [0.717, 1.165) is 25.7 Å². The normalized spacial score (nSPS) is 44.0. The molecule has 0 aromatic carbocycles. The number of esters is 2. The molecular formula is C18H22O7. The van der Waals surface area contributed by atoms with Gasteiger partial charge in [0.15, 0.2) is 0 Å². The van der Waals surface area contributed by atoms with E-state index in [9.17, 15) is 29.4 Å². The van der Waals surface area contributed by atoms with Crippen LogP contribution in [0.1, 0.15) is 38.5 Å². The first-order valence-corrected chi connectivity index (χ1v) is 9.09. The van der Waals surface area contributed by atoms with Crippen molar-refractivity contribution in [3.8, 4) is 0 Å². The van der Waals surface area contributed by atoms with Gasteiger partial charge in [0.1, 0.15) is 0 Å². The second-order valence-electron chi connectivity index (χ2n) is 8.19. The average molecular weight is 350 g/mol. The van der Waals surface area contributed by atoms with Gasteiger partial charge in [-0.2, -0.15) is 0 Å². The minimum atomic E-state index is -1.01. The van der Waals surface area contributed by atoms with Crippen LogP contribution in [-0.4, -0.2) is 34.1 Å². The van der Waals surface area contributed by atoms with Gasteiger partial charge in [0, 0.05) is 0 Å². The fourth-order valence-corrected chi connectivity index (χ4v) is 6.21. The average Bonchev–Trinajstić information content (AvgIpc) is 3.31. The van der Waals surface area contributed by atoms with E-state index in [1.807, 2.05) is 0 Å². The highest BCUT2D eigenvalue weighted by Crippen LogP contribution is 2.54. The molecule has 136 valence electrons. The Hall–Kier alpha value is -1.92. The summed E-state index contributed by atoms with van der Waals surface area (Å²) in [5.41, 5.74) is 0. The second kappa shape index (κ2) is 5.81. The first-order valence-electron chi connectivity index (χ1n) is 9.09. The van der Waals surface area contributed by atoms with Crippen molar-refractivity contribution in [1.82, 2.24) is 0 Å². The number of fused-ring (bicyclic) bond motifs is 4. The number of aliphatic carboxylic acids is 2. The number of rotatable bonds is 4. The van der Waals surface area contributed by atoms with Crippen molar-refractivity contribution in [1.29, 1.82) is 0 Å². The Bertz CT molecular complexity index is 587. The van der Waals surface area contributed by atoms with Gasteiger partial charge in [-0.3, -0.25) is 19.2 Å². The van der Waals surface area contributed by atoms with Gasteiger partial charge in [0.2, 0.25) is 0 Å². The van der Waals surface area contributed by atoms with Gasteiger partial charge in [-0.15, -0.1) is 0 Å². The van der Waals surface area contributed by atoms with Gasteiger partial charge >= 0.3 is 23.9 Å². The Morgan fingerprint density at radius 2 is 0.920 bits per heavy atom. The minimum Gasteiger partial charge on any atom is -0.481 e. The highest BCUT2D eigenvalue weighted by molar-refractivity contribution is 5.93. The van der Waals surface area contributed by atoms with Gasteiger partial charge in [-0.1, -0.05) is 0 Å². The maximum absolute atomic E-state index is 12.5. The van der Waals surface area contributed by atoms with Crippen molar-refractivity contribution < 1.29 is 34.1 Å². The summed E-state index contributed by atoms with van der Waals surface area (Å²) in [7, 11) is 0. The van der Waals surface area contributed by atoms with Crippen LogP contribution in [0.25, 0.3) is 0 Å². The third-order valence-corrected chi connectivity index (χ3v) is 7.15. The Balaban J connectivity index is 1.48. The van der Waals surface area contributed by atoms with Gasteiger partial charge in [-0.05, 0) is 62.2 Å². The molecule has 4 aliphatic rings. The standard InChI is InChI=1S/C18H22O7/c19-15(20)11-7-1-3-9(5-7)13(11)17(23)25-18(24)14-10-4-2-8(6-10)12(14)16(21)22/h7-14H,1-6H2,(H,19,20)(H,21,22)/t7-,8?,9+,10?,11-,12?,13+,14?/m1/s1. The maximum atomic E-state index is 12.5. The zero-order chi connectivity index (χ0) is 17.9. The van der Waals surface area contributed by atoms with Crippen LogP contribution >= 0.6 is 0 Å². The molecule has 0 aromatic rings. The van der Waals surface area contributed by atoms with E-state index in [2.05, 4.69) is 0 Å². The number of carbonyl (C=O) groups is 4. The SMILES string of the molecule is O=C(O)C1C2CCC(C2)C1C(=O)OC(=O)[C@H]1[C@H]2CC[C@H](C2)[C@H]1C(=O)O. The fourth-order valence-electron chi connectivity index (χ4n) is 6.21. The molecule has 0 heterocycles. The molecule has 4 rings (SSSR count). The minimum absolute atomic E-state index is 0.0237. The second-order valence-corrected chi connectivity index (χ2v) is 8.19. The molecular weight excluding hydrogens is 328 g/mol. The van der Waals surface area contributed by atoms with Crippen molar-refractivity contribution >= 4 is 23.9 Å². The summed E-state index contributed by atoms with van der Waals surface area (Å²) in [4.78, 5) is 48.1. The molecule has 0 aliphatic heterocycles. The van der Waals surface area contributed by atoms with E-state index in [-0.39, 0.29) is 23.7 Å². The predicted octanol–water partition coefficient (Wildman–Crippen LogP) is 1.55. The first-order chi connectivity index (χ1) is 11.9. The van der Waals surface area contributed by atoms with E-state index in [1.54, 1.807) is 0 Å². The summed E-state index contributed by atoms with van der Waals surface area (Å²) in [5, 5.41) is 18.9. The first kappa shape index (κ1) is 16.5. The van der Waals surface area contributed by atoms with Crippen LogP contribution in [0.5, 0.6) is 0 Å². The van der Waals surface area contributed by atoms with Gasteiger partial charge in [-0.25, -0.2) is 0 Å². The summed E-state index contributed by atoms with van der Waals surface area (Å²) in [5.74, 6) is -6.80. The molecule has 0 radical (unpaired) electrons. The zero-order valence-corrected chi connectivity index (χ0v) is 13.8. The smallest absolute Gasteiger partial charge is 0.317 e. The van der Waals surface area contributed by atoms with E-state index >= 15 is 0 Å². The van der Waals surface area contributed by atoms with Crippen LogP contribution in [0.2, 0.25) is 0 Å². The molecule has 8 atom stereocenters. The molecule has 4 saturated carbocycles. The van der Waals surface area contributed by atoms with Crippen LogP contribution in [0.15, 0.2) is 0 Å². The van der Waals surface area contributed by atoms with E-state index in [4.69, 9.17) is 4.74 Å². The summed E-state index contributed by atoms with van der Waals surface area (Å²) in [6, 6.07) is 0. The monoisotopic (exact) mass is 350 g/mol. The molecule has 7 nitrogen and oxygen atoms in total. The third kappa shape index (κ3) is 2.47. The Morgan fingerprint density at radius 1 is 0.600 bits per heavy atom. The lowest BCUT2D eigenvalue weighted by atomic mass is 9.78. The largest absolute Gasteiger partial charge is 0.481 e. The fraction of sp³-hybridized carbons (Fsp3) is 0.778. The van der Waals surface area contributed by atoms with Crippen molar-refractivity contribution in [2.24, 2.45) is 47.3 Å². The lowest BCUT2D eigenvalue weighted by molar-refractivity contribution is -0.175. The molecule has 4 fully saturated rings. The molecule has 7 heteroatoms. The Kier molecular flexibility index (Phi) is 3.85. The molecule has 4 bridgehead atoms. The molecule has 0 saturated heterocycles. The zero-order valence-electron chi connectivity index (χ0n) is 13.8. The van der Waals surface area contributed by atoms with Crippen molar-refractivity contribution in [2.45, 2.75) is 38.5 Å². The quantitative estimate of drug-likeness (QED) is 0.583. The lowest BCUT2D eigenvalue weighted by Gasteiger charge is -2.28. The molecule has 0 spiro atoms. The van der Waals surface area contributed by atoms with E-state index in [1.165, 1.54) is 0 Å². The summed E-state index contributed by atoms with van der Waals surface area (Å²) >= 11 is 0. The summed E-state index contributed by atoms with van der Waals surface area (Å²) in [6.07, 6.45) is 4.55. The van der Waals surface area contributed by atoms with Crippen molar-refractivity contribution in [3.63, 3.8) is 0 Å². The Labute approximate surface area is 144 Å². The molecule has 4 unspecified atom stereocenters. The van der Waals surface area contributed by atoms with E-state index in [0.29, 0.717) is 12.8 Å². The summed E-state index contributed by atoms with van der Waals surface area (Å²) in [6.45, 7) is 0. The van der Waals surface area contributed by atoms with Crippen LogP contribution in [0.3, 0.4) is 0 Å². The molecule has 2 N–H and O–H groups in total. The van der Waals surface area contributed by atoms with E-state index < -0.39 is 47.5 Å². The number of hydrogen-bond donors (Lipinski definition) is 2. The molecule has 4 aliphatic carbocycles. The highest BCUT2D eigenvalue weighted by atomic mass is 16.6. The van der Waals surface area contributed by atoms with Crippen molar-refractivity contribution in [2.75, 3.05) is 0 Å². The maximum Gasteiger partial charge on any atom is 0.317 e. The highest BCUT2D eigenvalue weighted by Gasteiger charge is 2.58. The van der Waals surface area contributed by atoms with Crippen LogP contribution in [-0.2, 0) is 23.9 Å². The Morgan fingerprint density at radius 3 is 1.24 bits per heavy atom. The molecule has 0 amide bonds. The number of carboxylic acids is 2. The topological polar surface area (TPSA) is 118 Å². The third-order valence-electron chi connectivity index (χ3n) is 7.15. The van der Waals surface area contributed by atoms with Gasteiger partial charge < -0.3 is 14.9 Å². The van der Waals surface area contributed by atoms with Crippen molar-refractivity contribution in [3.05, 3.63) is 0 Å². The van der Waals surface area contributed by atoms with Crippen LogP contribution in [0.4, 0.5) is 0 Å². The predicted molar refractivity (Wildman–Crippen MR) is 82.0 cm³/mol. The van der Waals surface area contributed by atoms with Gasteiger partial charge in [0.25, 0.3) is 0 Å². The summed E-state index contributed by atoms with van der Waals surface area (Å²) < 4.78 is 5.08. The number of carboxylic acid groups (broad SMARTS) is 2. The number of carbonyl (C=O) groups excluding carboxylic acids is 2. The lowest BCUT2D eigenvalue weighted by Crippen LogP contribution is -2.40. The number of hydrogen-bond acceptors (Lipinski definition) is 5. The van der Waals surface area contributed by atoms with Crippen LogP contribution in [0, 0.1) is 47.3 Å². The van der Waals surface area contributed by atoms with Gasteiger partial charge in [0.05, 0.1) is 23.7 Å². The van der Waals surface area contributed by atoms with Crippen LogP contribution < -0.4 is 0 Å². The molecule has 25 heavy (non-hydrogen) atoms.